The van der Waals surface area contributed by atoms with E-state index in [1.165, 1.54) is 23.8 Å². The zero-order valence-electron chi connectivity index (χ0n) is 11.4. The maximum atomic E-state index is 12.5. The lowest BCUT2D eigenvalue weighted by atomic mass is 10.3. The predicted molar refractivity (Wildman–Crippen MR) is 77.9 cm³/mol. The van der Waals surface area contributed by atoms with Crippen LogP contribution in [0.25, 0.3) is 0 Å². The molecule has 2 rings (SSSR count). The fourth-order valence-electron chi connectivity index (χ4n) is 2.40. The first-order valence-electron chi connectivity index (χ1n) is 5.97. The van der Waals surface area contributed by atoms with Gasteiger partial charge in [0.25, 0.3) is 8.07 Å². The van der Waals surface area contributed by atoms with E-state index in [9.17, 15) is 28.8 Å². The molecule has 0 saturated carbocycles. The number of rotatable bonds is 0. The Bertz CT molecular complexity index is 888. The van der Waals surface area contributed by atoms with Crippen LogP contribution in [-0.2, 0) is 28.8 Å². The molecule has 0 aromatic heterocycles. The van der Waals surface area contributed by atoms with E-state index in [1.54, 1.807) is 13.1 Å². The molecule has 0 aromatic carbocycles. The summed E-state index contributed by atoms with van der Waals surface area (Å²) in [6, 6.07) is 0. The van der Waals surface area contributed by atoms with Crippen LogP contribution in [0.3, 0.4) is 0 Å². The van der Waals surface area contributed by atoms with Crippen LogP contribution < -0.4 is 0 Å². The SMILES string of the molecule is C[Si]1(C)C#C[Si]2(C(=C=O)C(=O)C1=C=O)C(=C=O)C(=O)C2=C=O. The first-order valence-corrected chi connectivity index (χ1v) is 11.0. The smallest absolute Gasteiger partial charge is 0.278 e. The van der Waals surface area contributed by atoms with Gasteiger partial charge >= 0.3 is 0 Å². The number of allylic oxidation sites excluding steroid dienone is 4. The second-order valence-electron chi connectivity index (χ2n) is 5.19. The normalized spacial score (nSPS) is 25.2. The number of hydrogen-bond acceptors (Lipinski definition) is 6. The van der Waals surface area contributed by atoms with Crippen LogP contribution in [0.1, 0.15) is 0 Å². The van der Waals surface area contributed by atoms with E-state index in [1.807, 2.05) is 0 Å². The molecule has 0 bridgehead atoms. The quantitative estimate of drug-likeness (QED) is 0.234. The van der Waals surface area contributed by atoms with Crippen LogP contribution in [0, 0.1) is 11.1 Å². The minimum atomic E-state index is -3.89. The summed E-state index contributed by atoms with van der Waals surface area (Å²) in [5, 5.41) is -1.85. The number of carbonyl (C=O) groups is 2. The summed E-state index contributed by atoms with van der Waals surface area (Å²) in [4.78, 5) is 68.7. The fourth-order valence-corrected chi connectivity index (χ4v) is 8.39. The standard InChI is InChI=1S/C14H6O6Si2/c1-21(2)3-4-22(10(6-16)13(19)9(21)5-15)11(7-17)14(20)12(22)8-18/h1-2H3. The highest BCUT2D eigenvalue weighted by Crippen LogP contribution is 2.41. The van der Waals surface area contributed by atoms with Crippen LogP contribution in [0.4, 0.5) is 0 Å². The molecule has 0 aromatic rings. The van der Waals surface area contributed by atoms with Crippen LogP contribution in [0.5, 0.6) is 0 Å². The summed E-state index contributed by atoms with van der Waals surface area (Å²) in [6.07, 6.45) is 0. The topological polar surface area (TPSA) is 102 Å². The van der Waals surface area contributed by atoms with Gasteiger partial charge in [0.15, 0.2) is 8.07 Å². The van der Waals surface area contributed by atoms with Crippen LogP contribution in [0.15, 0.2) is 20.8 Å². The summed E-state index contributed by atoms with van der Waals surface area (Å²) in [5.41, 5.74) is 5.36. The van der Waals surface area contributed by atoms with Crippen molar-refractivity contribution in [3.05, 3.63) is 20.8 Å². The Kier molecular flexibility index (Phi) is 3.42. The van der Waals surface area contributed by atoms with Crippen molar-refractivity contribution >= 4 is 51.5 Å². The molecule has 0 atom stereocenters. The molecule has 0 unspecified atom stereocenters. The minimum Gasteiger partial charge on any atom is -0.288 e. The van der Waals surface area contributed by atoms with Crippen molar-refractivity contribution in [1.82, 2.24) is 0 Å². The highest BCUT2D eigenvalue weighted by molar-refractivity contribution is 7.23. The lowest BCUT2D eigenvalue weighted by Gasteiger charge is -2.33. The second-order valence-corrected chi connectivity index (χ2v) is 12.4. The Morgan fingerprint density at radius 2 is 1.05 bits per heavy atom. The molecule has 0 aliphatic carbocycles. The van der Waals surface area contributed by atoms with Gasteiger partial charge < -0.3 is 0 Å². The van der Waals surface area contributed by atoms with E-state index in [-0.39, 0.29) is 5.20 Å². The third kappa shape index (κ3) is 1.64. The molecule has 0 radical (unpaired) electrons. The molecule has 0 N–H and O–H groups in total. The van der Waals surface area contributed by atoms with Gasteiger partial charge in [-0.25, -0.2) is 19.2 Å². The second kappa shape index (κ2) is 4.85. The predicted octanol–water partition coefficient (Wildman–Crippen LogP) is -1.42. The van der Waals surface area contributed by atoms with E-state index in [4.69, 9.17) is 0 Å². The highest BCUT2D eigenvalue weighted by Gasteiger charge is 2.65. The van der Waals surface area contributed by atoms with Gasteiger partial charge in [0.1, 0.15) is 23.8 Å². The Balaban J connectivity index is 2.98. The van der Waals surface area contributed by atoms with Crippen molar-refractivity contribution in [2.24, 2.45) is 0 Å². The molecule has 1 fully saturated rings. The highest BCUT2D eigenvalue weighted by atomic mass is 28.3. The fraction of sp³-hybridized carbons (Fsp3) is 0.143. The van der Waals surface area contributed by atoms with E-state index >= 15 is 0 Å². The summed E-state index contributed by atoms with van der Waals surface area (Å²) >= 11 is 0. The van der Waals surface area contributed by atoms with E-state index in [0.29, 0.717) is 0 Å². The molecule has 1 spiro atoms. The molecule has 1 saturated heterocycles. The lowest BCUT2D eigenvalue weighted by Crippen LogP contribution is -2.59. The molecular weight excluding hydrogens is 320 g/mol. The molecule has 6 nitrogen and oxygen atoms in total. The average molecular weight is 326 g/mol. The van der Waals surface area contributed by atoms with Gasteiger partial charge in [-0.05, 0) is 0 Å². The monoisotopic (exact) mass is 326 g/mol. The molecular formula is C14H6O6Si2. The molecule has 106 valence electrons. The number of ketones is 2. The van der Waals surface area contributed by atoms with Crippen LogP contribution in [0.2, 0.25) is 13.1 Å². The van der Waals surface area contributed by atoms with Crippen LogP contribution >= 0.6 is 0 Å². The van der Waals surface area contributed by atoms with Crippen LogP contribution in [-0.4, -0.2) is 51.5 Å². The summed E-state index contributed by atoms with van der Waals surface area (Å²) in [7, 11) is -6.74. The van der Waals surface area contributed by atoms with Crippen molar-refractivity contribution < 1.29 is 28.8 Å². The number of carbonyl (C=O) groups excluding carboxylic acids is 6. The van der Waals surface area contributed by atoms with Crippen molar-refractivity contribution in [3.63, 3.8) is 0 Å². The summed E-state index contributed by atoms with van der Waals surface area (Å²) < 4.78 is 0. The van der Waals surface area contributed by atoms with E-state index in [0.717, 1.165) is 0 Å². The van der Waals surface area contributed by atoms with E-state index < -0.39 is 43.3 Å². The lowest BCUT2D eigenvalue weighted by molar-refractivity contribution is -0.111. The van der Waals surface area contributed by atoms with E-state index in [2.05, 4.69) is 11.1 Å². The van der Waals surface area contributed by atoms with Gasteiger partial charge in [0.2, 0.25) is 11.6 Å². The zero-order valence-corrected chi connectivity index (χ0v) is 13.4. The Labute approximate surface area is 125 Å². The molecule has 2 aliphatic rings. The first-order chi connectivity index (χ1) is 10.3. The maximum Gasteiger partial charge on any atom is 0.278 e. The minimum absolute atomic E-state index is 0.280. The number of Topliss-reactive ketones (excluding diaryl/α,β-unsaturated/α-hetero) is 2. The molecule has 8 heteroatoms. The van der Waals surface area contributed by atoms with Gasteiger partial charge in [-0.3, -0.25) is 9.59 Å². The van der Waals surface area contributed by atoms with Gasteiger partial charge in [0.05, 0.1) is 20.8 Å². The Hall–Kier alpha value is -2.87. The van der Waals surface area contributed by atoms with Crippen molar-refractivity contribution in [2.45, 2.75) is 13.1 Å². The van der Waals surface area contributed by atoms with Gasteiger partial charge in [0, 0.05) is 0 Å². The third-order valence-electron chi connectivity index (χ3n) is 3.63. The largest absolute Gasteiger partial charge is 0.288 e. The summed E-state index contributed by atoms with van der Waals surface area (Å²) in [6.45, 7) is 3.17. The Morgan fingerprint density at radius 1 is 0.682 bits per heavy atom. The van der Waals surface area contributed by atoms with Crippen molar-refractivity contribution in [2.75, 3.05) is 0 Å². The molecule has 0 amide bonds. The number of hydrogen-bond donors (Lipinski definition) is 0. The first kappa shape index (κ1) is 15.5. The Morgan fingerprint density at radius 3 is 1.41 bits per heavy atom. The van der Waals surface area contributed by atoms with Gasteiger partial charge in [-0.2, -0.15) is 0 Å². The van der Waals surface area contributed by atoms with Gasteiger partial charge in [-0.15, -0.1) is 11.1 Å². The van der Waals surface area contributed by atoms with Gasteiger partial charge in [-0.1, -0.05) is 13.1 Å². The molecule has 2 heterocycles. The molecule has 2 aliphatic heterocycles. The average Bonchev–Trinajstić information content (AvgIpc) is 2.54. The maximum absolute atomic E-state index is 12.5. The third-order valence-corrected chi connectivity index (χ3v) is 9.95. The van der Waals surface area contributed by atoms with Crippen molar-refractivity contribution in [3.8, 4) is 11.1 Å². The molecule has 22 heavy (non-hydrogen) atoms. The summed E-state index contributed by atoms with van der Waals surface area (Å²) in [5.74, 6) is 3.78. The van der Waals surface area contributed by atoms with Crippen molar-refractivity contribution in [1.29, 1.82) is 0 Å². The zero-order chi connectivity index (χ0) is 16.7.